The third-order valence-electron chi connectivity index (χ3n) is 4.94. The molecular weight excluding hydrogens is 340 g/mol. The minimum Gasteiger partial charge on any atom is -0.338 e. The first-order valence-corrected chi connectivity index (χ1v) is 9.14. The second-order valence-electron chi connectivity index (χ2n) is 6.92. The van der Waals surface area contributed by atoms with Gasteiger partial charge in [-0.25, -0.2) is 15.0 Å². The number of carbonyl (C=O) groups excluding carboxylic acids is 1. The Morgan fingerprint density at radius 1 is 1.26 bits per heavy atom. The average Bonchev–Trinajstić information content (AvgIpc) is 3.14. The van der Waals surface area contributed by atoms with Gasteiger partial charge in [0.05, 0.1) is 5.56 Å². The number of aryl methyl sites for hydroxylation is 2. The lowest BCUT2D eigenvalue weighted by molar-refractivity contribution is 0.0705. The summed E-state index contributed by atoms with van der Waals surface area (Å²) in [5.74, 6) is 1.77. The normalized spacial score (nSPS) is 17.1. The lowest BCUT2D eigenvalue weighted by Crippen LogP contribution is -2.39. The summed E-state index contributed by atoms with van der Waals surface area (Å²) < 4.78 is 1.95. The number of aromatic nitrogens is 5. The summed E-state index contributed by atoms with van der Waals surface area (Å²) in [4.78, 5) is 32.4. The molecule has 0 saturated carbocycles. The SMILES string of the molecule is Cc1nc(-c2nccn2C)cc([C@@H]2CCCN(C(=O)c3cccnc3)C2)n1. The number of carbonyl (C=O) groups is 1. The van der Waals surface area contributed by atoms with Gasteiger partial charge in [0.1, 0.15) is 11.5 Å². The second-order valence-corrected chi connectivity index (χ2v) is 6.92. The van der Waals surface area contributed by atoms with E-state index < -0.39 is 0 Å². The number of hydrogen-bond donors (Lipinski definition) is 0. The van der Waals surface area contributed by atoms with Gasteiger partial charge < -0.3 is 9.47 Å². The highest BCUT2D eigenvalue weighted by atomic mass is 16.2. The molecule has 0 bridgehead atoms. The molecule has 1 aliphatic heterocycles. The average molecular weight is 362 g/mol. The molecule has 1 saturated heterocycles. The molecule has 7 heteroatoms. The van der Waals surface area contributed by atoms with E-state index >= 15 is 0 Å². The molecule has 0 spiro atoms. The van der Waals surface area contributed by atoms with Crippen molar-refractivity contribution in [3.8, 4) is 11.5 Å². The van der Waals surface area contributed by atoms with Crippen LogP contribution < -0.4 is 0 Å². The molecule has 0 aliphatic carbocycles. The predicted octanol–water partition coefficient (Wildman–Crippen LogP) is 2.60. The van der Waals surface area contributed by atoms with Gasteiger partial charge in [-0.05, 0) is 38.0 Å². The summed E-state index contributed by atoms with van der Waals surface area (Å²) in [5.41, 5.74) is 2.43. The molecule has 1 aliphatic rings. The van der Waals surface area contributed by atoms with E-state index in [2.05, 4.69) is 19.9 Å². The van der Waals surface area contributed by atoms with Crippen molar-refractivity contribution in [3.63, 3.8) is 0 Å². The first-order valence-electron chi connectivity index (χ1n) is 9.14. The van der Waals surface area contributed by atoms with Crippen molar-refractivity contribution in [3.05, 3.63) is 60.1 Å². The molecule has 1 amide bonds. The third-order valence-corrected chi connectivity index (χ3v) is 4.94. The van der Waals surface area contributed by atoms with Crippen LogP contribution in [0, 0.1) is 6.92 Å². The summed E-state index contributed by atoms with van der Waals surface area (Å²) in [6.45, 7) is 3.32. The molecule has 3 aromatic heterocycles. The van der Waals surface area contributed by atoms with E-state index in [1.165, 1.54) is 0 Å². The number of nitrogens with zero attached hydrogens (tertiary/aromatic N) is 6. The largest absolute Gasteiger partial charge is 0.338 e. The number of hydrogen-bond acceptors (Lipinski definition) is 5. The summed E-state index contributed by atoms with van der Waals surface area (Å²) >= 11 is 0. The Kier molecular flexibility index (Phi) is 4.66. The Morgan fingerprint density at radius 3 is 2.89 bits per heavy atom. The molecule has 0 unspecified atom stereocenters. The van der Waals surface area contributed by atoms with E-state index in [0.717, 1.165) is 42.4 Å². The fraction of sp³-hybridized carbons (Fsp3) is 0.350. The fourth-order valence-corrected chi connectivity index (χ4v) is 3.60. The van der Waals surface area contributed by atoms with Crippen molar-refractivity contribution < 1.29 is 4.79 Å². The van der Waals surface area contributed by atoms with Gasteiger partial charge in [0, 0.05) is 56.5 Å². The Hall–Kier alpha value is -3.09. The zero-order valence-electron chi connectivity index (χ0n) is 15.5. The van der Waals surface area contributed by atoms with Gasteiger partial charge in [-0.1, -0.05) is 0 Å². The summed E-state index contributed by atoms with van der Waals surface area (Å²) in [6, 6.07) is 5.62. The Balaban J connectivity index is 1.59. The van der Waals surface area contributed by atoms with Crippen LogP contribution in [0.2, 0.25) is 0 Å². The number of amides is 1. The van der Waals surface area contributed by atoms with E-state index in [4.69, 9.17) is 0 Å². The maximum Gasteiger partial charge on any atom is 0.255 e. The number of pyridine rings is 1. The van der Waals surface area contributed by atoms with E-state index in [0.29, 0.717) is 12.1 Å². The maximum atomic E-state index is 12.8. The summed E-state index contributed by atoms with van der Waals surface area (Å²) in [5, 5.41) is 0. The van der Waals surface area contributed by atoms with Gasteiger partial charge in [-0.2, -0.15) is 0 Å². The zero-order valence-corrected chi connectivity index (χ0v) is 15.5. The number of rotatable bonds is 3. The molecule has 0 radical (unpaired) electrons. The molecule has 0 N–H and O–H groups in total. The van der Waals surface area contributed by atoms with Crippen LogP contribution in [0.3, 0.4) is 0 Å². The van der Waals surface area contributed by atoms with Crippen LogP contribution in [-0.4, -0.2) is 48.4 Å². The first kappa shape index (κ1) is 17.3. The lowest BCUT2D eigenvalue weighted by Gasteiger charge is -2.32. The van der Waals surface area contributed by atoms with Crippen molar-refractivity contribution in [2.24, 2.45) is 7.05 Å². The molecular formula is C20H22N6O. The standard InChI is InChI=1S/C20H22N6O/c1-14-23-17(11-18(24-14)19-22-8-10-25(19)2)16-6-4-9-26(13-16)20(27)15-5-3-7-21-12-15/h3,5,7-8,10-12,16H,4,6,9,13H2,1-2H3/t16-/m1/s1. The minimum absolute atomic E-state index is 0.0305. The Bertz CT molecular complexity index is 952. The monoisotopic (exact) mass is 362 g/mol. The summed E-state index contributed by atoms with van der Waals surface area (Å²) in [6.07, 6.45) is 8.94. The number of imidazole rings is 1. The quantitative estimate of drug-likeness (QED) is 0.716. The van der Waals surface area contributed by atoms with Crippen LogP contribution in [0.4, 0.5) is 0 Å². The van der Waals surface area contributed by atoms with E-state index in [-0.39, 0.29) is 11.8 Å². The van der Waals surface area contributed by atoms with Gasteiger partial charge in [-0.15, -0.1) is 0 Å². The van der Waals surface area contributed by atoms with Crippen LogP contribution in [0.25, 0.3) is 11.5 Å². The van der Waals surface area contributed by atoms with E-state index in [1.807, 2.05) is 41.8 Å². The molecule has 138 valence electrons. The van der Waals surface area contributed by atoms with Crippen molar-refractivity contribution in [2.45, 2.75) is 25.7 Å². The summed E-state index contributed by atoms with van der Waals surface area (Å²) in [7, 11) is 1.95. The first-order chi connectivity index (χ1) is 13.1. The molecule has 1 atom stereocenters. The van der Waals surface area contributed by atoms with Gasteiger partial charge in [0.15, 0.2) is 5.82 Å². The van der Waals surface area contributed by atoms with Crippen molar-refractivity contribution in [1.82, 2.24) is 29.4 Å². The predicted molar refractivity (Wildman–Crippen MR) is 101 cm³/mol. The zero-order chi connectivity index (χ0) is 18.8. The Labute approximate surface area is 158 Å². The Morgan fingerprint density at radius 2 is 2.15 bits per heavy atom. The smallest absolute Gasteiger partial charge is 0.255 e. The van der Waals surface area contributed by atoms with Gasteiger partial charge >= 0.3 is 0 Å². The number of piperidine rings is 1. The van der Waals surface area contributed by atoms with E-state index in [1.54, 1.807) is 24.7 Å². The highest BCUT2D eigenvalue weighted by Crippen LogP contribution is 2.28. The molecule has 3 aromatic rings. The van der Waals surface area contributed by atoms with Crippen molar-refractivity contribution in [2.75, 3.05) is 13.1 Å². The fourth-order valence-electron chi connectivity index (χ4n) is 3.60. The molecule has 27 heavy (non-hydrogen) atoms. The van der Waals surface area contributed by atoms with Crippen LogP contribution >= 0.6 is 0 Å². The molecule has 0 aromatic carbocycles. The highest BCUT2D eigenvalue weighted by molar-refractivity contribution is 5.94. The van der Waals surface area contributed by atoms with Gasteiger partial charge in [0.2, 0.25) is 0 Å². The highest BCUT2D eigenvalue weighted by Gasteiger charge is 2.27. The van der Waals surface area contributed by atoms with E-state index in [9.17, 15) is 4.79 Å². The van der Waals surface area contributed by atoms with Crippen LogP contribution in [0.5, 0.6) is 0 Å². The molecule has 1 fully saturated rings. The van der Waals surface area contributed by atoms with Gasteiger partial charge in [0.25, 0.3) is 5.91 Å². The van der Waals surface area contributed by atoms with Crippen LogP contribution in [0.1, 0.15) is 40.6 Å². The van der Waals surface area contributed by atoms with Crippen LogP contribution in [0.15, 0.2) is 43.0 Å². The molecule has 4 heterocycles. The van der Waals surface area contributed by atoms with Crippen molar-refractivity contribution >= 4 is 5.91 Å². The second kappa shape index (κ2) is 7.26. The molecule has 7 nitrogen and oxygen atoms in total. The maximum absolute atomic E-state index is 12.8. The third kappa shape index (κ3) is 3.58. The molecule has 4 rings (SSSR count). The van der Waals surface area contributed by atoms with Crippen LogP contribution in [-0.2, 0) is 7.05 Å². The van der Waals surface area contributed by atoms with Crippen molar-refractivity contribution in [1.29, 1.82) is 0 Å². The topological polar surface area (TPSA) is 76.8 Å². The number of likely N-dealkylation sites (tertiary alicyclic amines) is 1. The minimum atomic E-state index is 0.0305. The van der Waals surface area contributed by atoms with Gasteiger partial charge in [-0.3, -0.25) is 9.78 Å². The lowest BCUT2D eigenvalue weighted by atomic mass is 9.93.